The van der Waals surface area contributed by atoms with E-state index in [1.807, 2.05) is 19.1 Å². The van der Waals surface area contributed by atoms with E-state index >= 15 is 0 Å². The maximum atomic E-state index is 4.11. The maximum absolute atomic E-state index is 4.11. The number of hydrogen-bond acceptors (Lipinski definition) is 0. The number of hydrogen-bond donors (Lipinski definition) is 0. The summed E-state index contributed by atoms with van der Waals surface area (Å²) in [5, 5.41) is 4.63. The zero-order valence-corrected chi connectivity index (χ0v) is 10.2. The van der Waals surface area contributed by atoms with Gasteiger partial charge in [-0.2, -0.15) is 0 Å². The Kier molecular flexibility index (Phi) is 2.97. The summed E-state index contributed by atoms with van der Waals surface area (Å²) in [6.45, 7) is 13.9. The van der Waals surface area contributed by atoms with Crippen molar-refractivity contribution in [1.29, 1.82) is 0 Å². The molecule has 0 unspecified atom stereocenters. The van der Waals surface area contributed by atoms with Crippen molar-refractivity contribution in [2.45, 2.75) is 6.92 Å². The van der Waals surface area contributed by atoms with Gasteiger partial charge in [0.05, 0.1) is 0 Å². The predicted octanol–water partition coefficient (Wildman–Crippen LogP) is 3.34. The van der Waals surface area contributed by atoms with E-state index in [2.05, 4.69) is 50.1 Å². The summed E-state index contributed by atoms with van der Waals surface area (Å²) in [6.07, 6.45) is 5.88. The molecule has 0 aliphatic rings. The van der Waals surface area contributed by atoms with Crippen molar-refractivity contribution in [3.05, 3.63) is 59.0 Å². The summed E-state index contributed by atoms with van der Waals surface area (Å²) < 4.78 is 0. The molecule has 0 aliphatic carbocycles. The summed E-state index contributed by atoms with van der Waals surface area (Å²) in [4.78, 5) is 0. The molecule has 2 aromatic rings. The average molecular weight is 220 g/mol. The predicted molar refractivity (Wildman–Crippen MR) is 79.0 cm³/mol. The second kappa shape index (κ2) is 4.42. The van der Waals surface area contributed by atoms with Gasteiger partial charge in [0, 0.05) is 0 Å². The van der Waals surface area contributed by atoms with Crippen LogP contribution in [0.4, 0.5) is 0 Å². The van der Waals surface area contributed by atoms with E-state index in [1.54, 1.807) is 0 Å². The first-order valence-electron chi connectivity index (χ1n) is 5.68. The summed E-state index contributed by atoms with van der Waals surface area (Å²) in [5.41, 5.74) is 2.27. The van der Waals surface area contributed by atoms with Crippen LogP contribution in [0.15, 0.2) is 37.4 Å². The molecule has 0 spiro atoms. The molecule has 2 rings (SSSR count). The second-order valence-corrected chi connectivity index (χ2v) is 4.00. The third-order valence-electron chi connectivity index (χ3n) is 3.09. The van der Waals surface area contributed by atoms with Gasteiger partial charge in [-0.05, 0) is 39.3 Å². The Balaban J connectivity index is 3.21. The van der Waals surface area contributed by atoms with E-state index in [0.29, 0.717) is 0 Å². The maximum Gasteiger partial charge on any atom is -0.00305 e. The molecule has 0 fully saturated rings. The van der Waals surface area contributed by atoms with Gasteiger partial charge in [0.2, 0.25) is 0 Å². The first-order chi connectivity index (χ1) is 8.22. The van der Waals surface area contributed by atoms with Crippen LogP contribution in [-0.4, -0.2) is 0 Å². The van der Waals surface area contributed by atoms with E-state index in [9.17, 15) is 0 Å². The Morgan fingerprint density at radius 1 is 0.882 bits per heavy atom. The molecule has 0 aliphatic heterocycles. The largest absolute Gasteiger partial charge is 0.0984 e. The Morgan fingerprint density at radius 3 is 2.00 bits per heavy atom. The molecule has 0 saturated heterocycles. The molecule has 0 bridgehead atoms. The first-order valence-corrected chi connectivity index (χ1v) is 5.68. The minimum absolute atomic E-state index is 1.03. The molecule has 0 saturated carbocycles. The summed E-state index contributed by atoms with van der Waals surface area (Å²) >= 11 is 0. The summed E-state index contributed by atoms with van der Waals surface area (Å²) in [5.74, 6) is 0. The van der Waals surface area contributed by atoms with Gasteiger partial charge in [0.1, 0.15) is 0 Å². The van der Waals surface area contributed by atoms with Crippen LogP contribution in [0.5, 0.6) is 0 Å². The fourth-order valence-electron chi connectivity index (χ4n) is 2.23. The minimum atomic E-state index is 1.03. The standard InChI is InChI=1S/C17H16/c1-5-13-10-11-15(7-3)17-14(6-2)9-8-12(4)16(13)17/h5-11H,1,3-4H2,2H3/b14-6-. The minimum Gasteiger partial charge on any atom is -0.0984 e. The lowest BCUT2D eigenvalue weighted by molar-refractivity contribution is 1.59. The van der Waals surface area contributed by atoms with Crippen LogP contribution in [0.3, 0.4) is 0 Å². The van der Waals surface area contributed by atoms with Gasteiger partial charge in [-0.25, -0.2) is 0 Å². The molecule has 84 valence electrons. The first kappa shape index (κ1) is 11.4. The molecule has 0 heterocycles. The fraction of sp³-hybridized carbons (Fsp3) is 0.0588. The van der Waals surface area contributed by atoms with Crippen molar-refractivity contribution in [3.8, 4) is 0 Å². The third kappa shape index (κ3) is 1.72. The van der Waals surface area contributed by atoms with Crippen LogP contribution in [0, 0.1) is 0 Å². The van der Waals surface area contributed by atoms with Crippen molar-refractivity contribution in [1.82, 2.24) is 0 Å². The van der Waals surface area contributed by atoms with Gasteiger partial charge in [0.25, 0.3) is 0 Å². The van der Waals surface area contributed by atoms with Crippen molar-refractivity contribution in [3.63, 3.8) is 0 Å². The highest BCUT2D eigenvalue weighted by molar-refractivity contribution is 5.97. The van der Waals surface area contributed by atoms with E-state index in [4.69, 9.17) is 0 Å². The van der Waals surface area contributed by atoms with Gasteiger partial charge < -0.3 is 0 Å². The van der Waals surface area contributed by atoms with Crippen LogP contribution in [-0.2, 0) is 0 Å². The van der Waals surface area contributed by atoms with Crippen molar-refractivity contribution >= 4 is 35.6 Å². The zero-order valence-electron chi connectivity index (χ0n) is 10.2. The molecule has 0 atom stereocenters. The molecule has 2 aromatic carbocycles. The zero-order chi connectivity index (χ0) is 12.4. The van der Waals surface area contributed by atoms with Gasteiger partial charge in [-0.15, -0.1) is 0 Å². The van der Waals surface area contributed by atoms with Gasteiger partial charge >= 0.3 is 0 Å². The van der Waals surface area contributed by atoms with Gasteiger partial charge in [0.15, 0.2) is 0 Å². The SMILES string of the molecule is C=Cc1ccc(C=C)c2/c(=C\C)ccc(=C)c12. The molecule has 0 N–H and O–H groups in total. The average Bonchev–Trinajstić information content (AvgIpc) is 2.38. The quantitative estimate of drug-likeness (QED) is 0.728. The Morgan fingerprint density at radius 2 is 1.47 bits per heavy atom. The third-order valence-corrected chi connectivity index (χ3v) is 3.09. The second-order valence-electron chi connectivity index (χ2n) is 4.00. The van der Waals surface area contributed by atoms with Crippen molar-refractivity contribution < 1.29 is 0 Å². The van der Waals surface area contributed by atoms with Crippen LogP contribution < -0.4 is 10.4 Å². The van der Waals surface area contributed by atoms with Crippen molar-refractivity contribution in [2.24, 2.45) is 0 Å². The number of rotatable bonds is 2. The molecule has 0 nitrogen and oxygen atoms in total. The topological polar surface area (TPSA) is 0 Å². The summed E-state index contributed by atoms with van der Waals surface area (Å²) in [6, 6.07) is 8.31. The highest BCUT2D eigenvalue weighted by atomic mass is 14.1. The lowest BCUT2D eigenvalue weighted by Crippen LogP contribution is -2.12. The van der Waals surface area contributed by atoms with E-state index in [0.717, 1.165) is 16.3 Å². The molecular weight excluding hydrogens is 204 g/mol. The molecule has 0 heteroatoms. The van der Waals surface area contributed by atoms with E-state index in [-0.39, 0.29) is 0 Å². The van der Waals surface area contributed by atoms with E-state index < -0.39 is 0 Å². The molecule has 0 radical (unpaired) electrons. The molecule has 17 heavy (non-hydrogen) atoms. The Bertz CT molecular complexity index is 703. The lowest BCUT2D eigenvalue weighted by atomic mass is 9.96. The number of benzene rings is 2. The smallest absolute Gasteiger partial charge is 0.00305 e. The molecule has 0 aromatic heterocycles. The van der Waals surface area contributed by atoms with E-state index in [1.165, 1.54) is 16.0 Å². The Labute approximate surface area is 102 Å². The lowest BCUT2D eigenvalue weighted by Gasteiger charge is -2.08. The monoisotopic (exact) mass is 220 g/mol. The highest BCUT2D eigenvalue weighted by Gasteiger charge is 2.04. The molecule has 0 amide bonds. The fourth-order valence-corrected chi connectivity index (χ4v) is 2.23. The normalized spacial score (nSPS) is 11.7. The molecular formula is C17H16. The van der Waals surface area contributed by atoms with Crippen LogP contribution in [0.1, 0.15) is 18.1 Å². The van der Waals surface area contributed by atoms with Gasteiger partial charge in [-0.1, -0.05) is 62.2 Å². The highest BCUT2D eigenvalue weighted by Crippen LogP contribution is 2.19. The summed E-state index contributed by atoms with van der Waals surface area (Å²) in [7, 11) is 0. The van der Waals surface area contributed by atoms with Crippen LogP contribution in [0.25, 0.3) is 35.6 Å². The van der Waals surface area contributed by atoms with Crippen molar-refractivity contribution in [2.75, 3.05) is 0 Å². The Hall–Kier alpha value is -2.08. The van der Waals surface area contributed by atoms with Crippen LogP contribution >= 0.6 is 0 Å². The number of fused-ring (bicyclic) bond motifs is 1. The van der Waals surface area contributed by atoms with Crippen LogP contribution in [0.2, 0.25) is 0 Å². The van der Waals surface area contributed by atoms with Gasteiger partial charge in [-0.3, -0.25) is 0 Å².